The quantitative estimate of drug-likeness (QED) is 0.853. The van der Waals surface area contributed by atoms with Crippen LogP contribution in [-0.4, -0.2) is 16.4 Å². The Morgan fingerprint density at radius 2 is 2.24 bits per heavy atom. The van der Waals surface area contributed by atoms with Gasteiger partial charge in [0.25, 0.3) is 0 Å². The molecule has 0 aliphatic carbocycles. The van der Waals surface area contributed by atoms with Gasteiger partial charge in [0.05, 0.1) is 5.69 Å². The highest BCUT2D eigenvalue weighted by atomic mass is 19.1. The van der Waals surface area contributed by atoms with Gasteiger partial charge in [-0.1, -0.05) is 19.9 Å². The Morgan fingerprint density at radius 3 is 2.95 bits per heavy atom. The third-order valence-corrected chi connectivity index (χ3v) is 4.20. The van der Waals surface area contributed by atoms with Gasteiger partial charge in [-0.05, 0) is 36.6 Å². The molecule has 0 fully saturated rings. The molecule has 4 heteroatoms. The van der Waals surface area contributed by atoms with Crippen LogP contribution in [0.5, 0.6) is 0 Å². The number of nitrogens with zero attached hydrogens (tertiary/aromatic N) is 2. The first kappa shape index (κ1) is 14.3. The standard InChI is InChI=1S/C17H21FN2O/c1-11(2)17-19-15(10-21-17)9-20-7-6-13-4-5-14(18)8-16(13)12(20)3/h4-5,8,10-12H,6-7,9H2,1-3H3/t12-/m1/s1. The third kappa shape index (κ3) is 2.86. The second-order valence-electron chi connectivity index (χ2n) is 6.07. The van der Waals surface area contributed by atoms with Crippen LogP contribution in [0.1, 0.15) is 55.4 Å². The highest BCUT2D eigenvalue weighted by Crippen LogP contribution is 2.31. The molecule has 2 heterocycles. The minimum absolute atomic E-state index is 0.161. The van der Waals surface area contributed by atoms with Crippen molar-refractivity contribution in [3.05, 3.63) is 53.0 Å². The zero-order valence-electron chi connectivity index (χ0n) is 12.8. The SMILES string of the molecule is CC(C)c1nc(CN2CCc3ccc(F)cc3[C@H]2C)co1. The van der Waals surface area contributed by atoms with Crippen molar-refractivity contribution in [1.82, 2.24) is 9.88 Å². The molecule has 1 aliphatic rings. The van der Waals surface area contributed by atoms with Crippen molar-refractivity contribution >= 4 is 0 Å². The molecule has 0 saturated carbocycles. The van der Waals surface area contributed by atoms with E-state index in [4.69, 9.17) is 4.42 Å². The Morgan fingerprint density at radius 1 is 1.43 bits per heavy atom. The maximum Gasteiger partial charge on any atom is 0.196 e. The van der Waals surface area contributed by atoms with Crippen molar-refractivity contribution in [3.8, 4) is 0 Å². The van der Waals surface area contributed by atoms with Crippen LogP contribution in [0, 0.1) is 5.82 Å². The van der Waals surface area contributed by atoms with Crippen LogP contribution in [-0.2, 0) is 13.0 Å². The fourth-order valence-corrected chi connectivity index (χ4v) is 2.92. The summed E-state index contributed by atoms with van der Waals surface area (Å²) in [5.41, 5.74) is 3.29. The summed E-state index contributed by atoms with van der Waals surface area (Å²) in [6.45, 7) is 7.97. The molecule has 0 amide bonds. The Kier molecular flexibility index (Phi) is 3.81. The summed E-state index contributed by atoms with van der Waals surface area (Å²) in [5, 5.41) is 0. The molecule has 1 aromatic heterocycles. The number of benzene rings is 1. The van der Waals surface area contributed by atoms with E-state index in [1.165, 1.54) is 5.56 Å². The number of aromatic nitrogens is 1. The molecule has 1 aliphatic heterocycles. The minimum Gasteiger partial charge on any atom is -0.448 e. The number of halogens is 1. The molecule has 0 bridgehead atoms. The van der Waals surface area contributed by atoms with Gasteiger partial charge in [-0.3, -0.25) is 4.90 Å². The lowest BCUT2D eigenvalue weighted by atomic mass is 9.93. The Bertz CT molecular complexity index is 635. The Balaban J connectivity index is 1.78. The number of oxazole rings is 1. The van der Waals surface area contributed by atoms with E-state index < -0.39 is 0 Å². The van der Waals surface area contributed by atoms with Gasteiger partial charge in [-0.2, -0.15) is 0 Å². The van der Waals surface area contributed by atoms with Gasteiger partial charge < -0.3 is 4.42 Å². The molecule has 3 rings (SSSR count). The molecule has 21 heavy (non-hydrogen) atoms. The normalized spacial score (nSPS) is 19.0. The first-order valence-electron chi connectivity index (χ1n) is 7.51. The van der Waals surface area contributed by atoms with Crippen molar-refractivity contribution < 1.29 is 8.81 Å². The Labute approximate surface area is 124 Å². The van der Waals surface area contributed by atoms with Crippen molar-refractivity contribution in [3.63, 3.8) is 0 Å². The van der Waals surface area contributed by atoms with Gasteiger partial charge in [0.1, 0.15) is 12.1 Å². The molecule has 0 saturated heterocycles. The fourth-order valence-electron chi connectivity index (χ4n) is 2.92. The second-order valence-corrected chi connectivity index (χ2v) is 6.07. The summed E-state index contributed by atoms with van der Waals surface area (Å²) in [7, 11) is 0. The molecule has 3 nitrogen and oxygen atoms in total. The lowest BCUT2D eigenvalue weighted by Crippen LogP contribution is -2.33. The molecular formula is C17H21FN2O. The van der Waals surface area contributed by atoms with E-state index in [0.717, 1.165) is 36.7 Å². The van der Waals surface area contributed by atoms with Crippen LogP contribution < -0.4 is 0 Å². The number of hydrogen-bond donors (Lipinski definition) is 0. The van der Waals surface area contributed by atoms with E-state index in [1.54, 1.807) is 18.4 Å². The van der Waals surface area contributed by atoms with Crippen LogP contribution in [0.15, 0.2) is 28.9 Å². The van der Waals surface area contributed by atoms with Crippen LogP contribution in [0.3, 0.4) is 0 Å². The molecular weight excluding hydrogens is 267 g/mol. The first-order chi connectivity index (χ1) is 10.0. The van der Waals surface area contributed by atoms with E-state index in [0.29, 0.717) is 5.92 Å². The molecule has 0 radical (unpaired) electrons. The van der Waals surface area contributed by atoms with Gasteiger partial charge in [-0.25, -0.2) is 9.37 Å². The summed E-state index contributed by atoms with van der Waals surface area (Å²) >= 11 is 0. The fraction of sp³-hybridized carbons (Fsp3) is 0.471. The average molecular weight is 288 g/mol. The van der Waals surface area contributed by atoms with E-state index >= 15 is 0 Å². The number of rotatable bonds is 3. The van der Waals surface area contributed by atoms with E-state index in [-0.39, 0.29) is 11.9 Å². The predicted molar refractivity (Wildman–Crippen MR) is 79.5 cm³/mol. The van der Waals surface area contributed by atoms with Gasteiger partial charge in [-0.15, -0.1) is 0 Å². The molecule has 112 valence electrons. The summed E-state index contributed by atoms with van der Waals surface area (Å²) < 4.78 is 19.0. The third-order valence-electron chi connectivity index (χ3n) is 4.20. The van der Waals surface area contributed by atoms with Crippen LogP contribution >= 0.6 is 0 Å². The number of fused-ring (bicyclic) bond motifs is 1. The Hall–Kier alpha value is -1.68. The highest BCUT2D eigenvalue weighted by molar-refractivity contribution is 5.32. The maximum atomic E-state index is 13.5. The first-order valence-corrected chi connectivity index (χ1v) is 7.51. The largest absolute Gasteiger partial charge is 0.448 e. The monoisotopic (exact) mass is 288 g/mol. The smallest absolute Gasteiger partial charge is 0.196 e. The molecule has 1 aromatic carbocycles. The van der Waals surface area contributed by atoms with Crippen molar-refractivity contribution in [2.24, 2.45) is 0 Å². The topological polar surface area (TPSA) is 29.3 Å². The molecule has 0 spiro atoms. The van der Waals surface area contributed by atoms with Crippen LogP contribution in [0.4, 0.5) is 4.39 Å². The summed E-state index contributed by atoms with van der Waals surface area (Å²) in [5.74, 6) is 0.916. The van der Waals surface area contributed by atoms with E-state index in [2.05, 4.69) is 30.7 Å². The van der Waals surface area contributed by atoms with E-state index in [1.807, 2.05) is 6.07 Å². The molecule has 2 aromatic rings. The van der Waals surface area contributed by atoms with Gasteiger partial charge in [0.2, 0.25) is 0 Å². The lowest BCUT2D eigenvalue weighted by Gasteiger charge is -2.34. The maximum absolute atomic E-state index is 13.5. The molecule has 0 N–H and O–H groups in total. The van der Waals surface area contributed by atoms with Crippen molar-refractivity contribution in [2.45, 2.75) is 45.7 Å². The number of hydrogen-bond acceptors (Lipinski definition) is 3. The zero-order chi connectivity index (χ0) is 15.0. The average Bonchev–Trinajstić information content (AvgIpc) is 2.91. The molecule has 0 unspecified atom stereocenters. The summed E-state index contributed by atoms with van der Waals surface area (Å²) in [6, 6.07) is 5.32. The summed E-state index contributed by atoms with van der Waals surface area (Å²) in [4.78, 5) is 6.85. The van der Waals surface area contributed by atoms with Gasteiger partial charge in [0, 0.05) is 25.0 Å². The van der Waals surface area contributed by atoms with E-state index in [9.17, 15) is 4.39 Å². The minimum atomic E-state index is -0.161. The highest BCUT2D eigenvalue weighted by Gasteiger charge is 2.25. The van der Waals surface area contributed by atoms with Gasteiger partial charge >= 0.3 is 0 Å². The summed E-state index contributed by atoms with van der Waals surface area (Å²) in [6.07, 6.45) is 2.69. The van der Waals surface area contributed by atoms with Crippen molar-refractivity contribution in [1.29, 1.82) is 0 Å². The zero-order valence-corrected chi connectivity index (χ0v) is 12.8. The predicted octanol–water partition coefficient (Wildman–Crippen LogP) is 4.06. The lowest BCUT2D eigenvalue weighted by molar-refractivity contribution is 0.187. The van der Waals surface area contributed by atoms with Crippen LogP contribution in [0.2, 0.25) is 0 Å². The molecule has 1 atom stereocenters. The van der Waals surface area contributed by atoms with Gasteiger partial charge in [0.15, 0.2) is 5.89 Å². The van der Waals surface area contributed by atoms with Crippen molar-refractivity contribution in [2.75, 3.05) is 6.54 Å². The second kappa shape index (κ2) is 5.60. The van der Waals surface area contributed by atoms with Crippen LogP contribution in [0.25, 0.3) is 0 Å².